The highest BCUT2D eigenvalue weighted by molar-refractivity contribution is 5.77. The van der Waals surface area contributed by atoms with Crippen LogP contribution in [0.2, 0.25) is 0 Å². The van der Waals surface area contributed by atoms with E-state index in [-0.39, 0.29) is 18.3 Å². The molecule has 1 rings (SSSR count). The Morgan fingerprint density at radius 2 is 2.50 bits per heavy atom. The van der Waals surface area contributed by atoms with Crippen LogP contribution in [0.4, 0.5) is 0 Å². The fourth-order valence-electron chi connectivity index (χ4n) is 1.05. The van der Waals surface area contributed by atoms with Crippen LogP contribution in [0.5, 0.6) is 0 Å². The quantitative estimate of drug-likeness (QED) is 0.684. The Balaban J connectivity index is 2.51. The molecule has 0 aliphatic carbocycles. The van der Waals surface area contributed by atoms with Gasteiger partial charge in [-0.25, -0.2) is 4.98 Å². The molecule has 0 saturated heterocycles. The molecule has 0 atom stereocenters. The Morgan fingerprint density at radius 1 is 1.71 bits per heavy atom. The fraction of sp³-hybridized carbons (Fsp3) is 0.444. The van der Waals surface area contributed by atoms with E-state index in [0.717, 1.165) is 6.42 Å². The van der Waals surface area contributed by atoms with Gasteiger partial charge in [0.25, 0.3) is 0 Å². The molecule has 1 amide bonds. The highest BCUT2D eigenvalue weighted by Crippen LogP contribution is 1.93. The average Bonchev–Trinajstić information content (AvgIpc) is 2.62. The van der Waals surface area contributed by atoms with Crippen molar-refractivity contribution in [2.24, 2.45) is 0 Å². The summed E-state index contributed by atoms with van der Waals surface area (Å²) in [6, 6.07) is 0. The molecule has 0 unspecified atom stereocenters. The number of rotatable bonds is 5. The Hall–Kier alpha value is -1.65. The van der Waals surface area contributed by atoms with E-state index in [1.165, 1.54) is 10.8 Å². The van der Waals surface area contributed by atoms with Crippen LogP contribution in [-0.4, -0.2) is 28.3 Å². The van der Waals surface area contributed by atoms with Gasteiger partial charge in [-0.2, -0.15) is 0 Å². The van der Waals surface area contributed by atoms with Crippen LogP contribution in [0, 0.1) is 0 Å². The standard InChI is InChI=1S/C9H13N3O2/c1-2-3-11-9(14)6-12-5-4-10-8(12)7-13/h4-5,7H,2-3,6H2,1H3,(H,11,14). The third kappa shape index (κ3) is 2.69. The van der Waals surface area contributed by atoms with Gasteiger partial charge >= 0.3 is 0 Å². The first-order valence-electron chi connectivity index (χ1n) is 4.51. The van der Waals surface area contributed by atoms with Crippen LogP contribution in [-0.2, 0) is 11.3 Å². The van der Waals surface area contributed by atoms with E-state index < -0.39 is 0 Å². The van der Waals surface area contributed by atoms with Crippen LogP contribution in [0.25, 0.3) is 0 Å². The van der Waals surface area contributed by atoms with Crippen LogP contribution >= 0.6 is 0 Å². The van der Waals surface area contributed by atoms with E-state index in [4.69, 9.17) is 0 Å². The van der Waals surface area contributed by atoms with Crippen molar-refractivity contribution in [2.45, 2.75) is 19.9 Å². The van der Waals surface area contributed by atoms with Gasteiger partial charge in [-0.3, -0.25) is 9.59 Å². The van der Waals surface area contributed by atoms with Gasteiger partial charge in [0, 0.05) is 18.9 Å². The summed E-state index contributed by atoms with van der Waals surface area (Å²) in [5, 5.41) is 2.72. The number of hydrogen-bond acceptors (Lipinski definition) is 3. The van der Waals surface area contributed by atoms with Crippen molar-refractivity contribution < 1.29 is 9.59 Å². The molecule has 0 radical (unpaired) electrons. The first kappa shape index (κ1) is 10.4. The third-order valence-electron chi connectivity index (χ3n) is 1.74. The summed E-state index contributed by atoms with van der Waals surface area (Å²) in [4.78, 5) is 25.5. The van der Waals surface area contributed by atoms with Crippen LogP contribution in [0.3, 0.4) is 0 Å². The maximum atomic E-state index is 11.3. The van der Waals surface area contributed by atoms with Crippen LogP contribution in [0.1, 0.15) is 24.0 Å². The molecule has 1 aromatic rings. The van der Waals surface area contributed by atoms with Crippen molar-refractivity contribution in [3.05, 3.63) is 18.2 Å². The molecule has 0 aliphatic rings. The van der Waals surface area contributed by atoms with Gasteiger partial charge in [-0.1, -0.05) is 6.92 Å². The molecule has 76 valence electrons. The number of aldehydes is 1. The highest BCUT2D eigenvalue weighted by Gasteiger charge is 2.05. The first-order valence-corrected chi connectivity index (χ1v) is 4.51. The molecule has 14 heavy (non-hydrogen) atoms. The van der Waals surface area contributed by atoms with E-state index >= 15 is 0 Å². The van der Waals surface area contributed by atoms with Gasteiger partial charge in [0.1, 0.15) is 6.54 Å². The number of carbonyl (C=O) groups is 2. The zero-order valence-electron chi connectivity index (χ0n) is 8.06. The summed E-state index contributed by atoms with van der Waals surface area (Å²) in [5.74, 6) is 0.171. The fourth-order valence-corrected chi connectivity index (χ4v) is 1.05. The Morgan fingerprint density at radius 3 is 3.14 bits per heavy atom. The summed E-state index contributed by atoms with van der Waals surface area (Å²) in [7, 11) is 0. The van der Waals surface area contributed by atoms with Crippen LogP contribution < -0.4 is 5.32 Å². The molecule has 5 heteroatoms. The second-order valence-electron chi connectivity index (χ2n) is 2.88. The monoisotopic (exact) mass is 195 g/mol. The smallest absolute Gasteiger partial charge is 0.239 e. The number of hydrogen-bond donors (Lipinski definition) is 1. The summed E-state index contributed by atoms with van der Waals surface area (Å²) >= 11 is 0. The lowest BCUT2D eigenvalue weighted by Gasteiger charge is -2.04. The molecular formula is C9H13N3O2. The molecule has 0 aromatic carbocycles. The molecule has 5 nitrogen and oxygen atoms in total. The van der Waals surface area contributed by atoms with E-state index in [1.807, 2.05) is 6.92 Å². The molecule has 0 bridgehead atoms. The van der Waals surface area contributed by atoms with Crippen molar-refractivity contribution in [3.8, 4) is 0 Å². The zero-order valence-corrected chi connectivity index (χ0v) is 8.06. The molecule has 1 aromatic heterocycles. The van der Waals surface area contributed by atoms with E-state index in [0.29, 0.717) is 12.8 Å². The van der Waals surface area contributed by atoms with Gasteiger partial charge in [-0.05, 0) is 6.42 Å². The zero-order chi connectivity index (χ0) is 10.4. The predicted octanol–water partition coefficient (Wildman–Crippen LogP) is 0.222. The largest absolute Gasteiger partial charge is 0.355 e. The number of nitrogens with one attached hydrogen (secondary N) is 1. The second-order valence-corrected chi connectivity index (χ2v) is 2.88. The van der Waals surface area contributed by atoms with E-state index in [1.54, 1.807) is 6.20 Å². The third-order valence-corrected chi connectivity index (χ3v) is 1.74. The number of imidazole rings is 1. The van der Waals surface area contributed by atoms with Crippen LogP contribution in [0.15, 0.2) is 12.4 Å². The minimum atomic E-state index is -0.104. The number of aromatic nitrogens is 2. The molecule has 0 aliphatic heterocycles. The molecule has 1 heterocycles. The second kappa shape index (κ2) is 5.16. The van der Waals surface area contributed by atoms with Crippen molar-refractivity contribution in [2.75, 3.05) is 6.54 Å². The summed E-state index contributed by atoms with van der Waals surface area (Å²) < 4.78 is 1.51. The Labute approximate surface area is 82.1 Å². The Kier molecular flexibility index (Phi) is 3.84. The minimum absolute atomic E-state index is 0.104. The highest BCUT2D eigenvalue weighted by atomic mass is 16.2. The summed E-state index contributed by atoms with van der Waals surface area (Å²) in [6.07, 6.45) is 4.63. The number of nitrogens with zero attached hydrogens (tertiary/aromatic N) is 2. The average molecular weight is 195 g/mol. The molecule has 0 fully saturated rings. The van der Waals surface area contributed by atoms with Gasteiger partial charge in [0.2, 0.25) is 5.91 Å². The normalized spacial score (nSPS) is 9.79. The first-order chi connectivity index (χ1) is 6.77. The van der Waals surface area contributed by atoms with Crippen molar-refractivity contribution >= 4 is 12.2 Å². The summed E-state index contributed by atoms with van der Waals surface area (Å²) in [6.45, 7) is 2.78. The van der Waals surface area contributed by atoms with Crippen molar-refractivity contribution in [1.29, 1.82) is 0 Å². The van der Waals surface area contributed by atoms with Crippen molar-refractivity contribution in [3.63, 3.8) is 0 Å². The molecular weight excluding hydrogens is 182 g/mol. The predicted molar refractivity (Wildman–Crippen MR) is 50.9 cm³/mol. The number of amides is 1. The van der Waals surface area contributed by atoms with Gasteiger partial charge in [0.15, 0.2) is 12.1 Å². The minimum Gasteiger partial charge on any atom is -0.355 e. The maximum absolute atomic E-state index is 11.3. The number of carbonyl (C=O) groups excluding carboxylic acids is 2. The van der Waals surface area contributed by atoms with Gasteiger partial charge in [0.05, 0.1) is 0 Å². The SMILES string of the molecule is CCCNC(=O)Cn1ccnc1C=O. The summed E-state index contributed by atoms with van der Waals surface area (Å²) in [5.41, 5.74) is 0. The lowest BCUT2D eigenvalue weighted by atomic mass is 10.4. The lowest BCUT2D eigenvalue weighted by molar-refractivity contribution is -0.121. The maximum Gasteiger partial charge on any atom is 0.239 e. The van der Waals surface area contributed by atoms with E-state index in [9.17, 15) is 9.59 Å². The van der Waals surface area contributed by atoms with Gasteiger partial charge < -0.3 is 9.88 Å². The van der Waals surface area contributed by atoms with Gasteiger partial charge in [-0.15, -0.1) is 0 Å². The van der Waals surface area contributed by atoms with Crippen molar-refractivity contribution in [1.82, 2.24) is 14.9 Å². The van der Waals surface area contributed by atoms with E-state index in [2.05, 4.69) is 10.3 Å². The molecule has 0 spiro atoms. The topological polar surface area (TPSA) is 64.0 Å². The molecule has 0 saturated carbocycles. The molecule has 1 N–H and O–H groups in total. The lowest BCUT2D eigenvalue weighted by Crippen LogP contribution is -2.28. The Bertz CT molecular complexity index is 320.